The Morgan fingerprint density at radius 2 is 2.00 bits per heavy atom. The van der Waals surface area contributed by atoms with E-state index in [1.165, 1.54) is 6.07 Å². The van der Waals surface area contributed by atoms with Gasteiger partial charge in [0.1, 0.15) is 5.82 Å². The second-order valence-electron chi connectivity index (χ2n) is 2.61. The first kappa shape index (κ1) is 11.5. The van der Waals surface area contributed by atoms with E-state index < -0.39 is 0 Å². The van der Waals surface area contributed by atoms with Gasteiger partial charge in [0, 0.05) is 6.20 Å². The van der Waals surface area contributed by atoms with Gasteiger partial charge in [0.2, 0.25) is 0 Å². The summed E-state index contributed by atoms with van der Waals surface area (Å²) in [5, 5.41) is 0. The Morgan fingerprint density at radius 1 is 1.46 bits per heavy atom. The highest BCUT2D eigenvalue weighted by Gasteiger charge is 2.04. The number of rotatable bonds is 1. The molecule has 4 heteroatoms. The Kier molecular flexibility index (Phi) is 5.32. The first-order chi connectivity index (χ1) is 6.13. The Balaban J connectivity index is 0.000000424. The molecular weight excluding hydrogens is 173 g/mol. The summed E-state index contributed by atoms with van der Waals surface area (Å²) in [6.07, 6.45) is 1.86. The minimum Gasteiger partial charge on any atom is -0.258 e. The van der Waals surface area contributed by atoms with Crippen molar-refractivity contribution < 1.29 is 14.0 Å². The molecule has 0 radical (unpaired) electrons. The third-order valence-corrected chi connectivity index (χ3v) is 1.33. The molecule has 1 heterocycles. The van der Waals surface area contributed by atoms with E-state index in [4.69, 9.17) is 9.59 Å². The van der Waals surface area contributed by atoms with Gasteiger partial charge in [-0.2, -0.15) is 9.59 Å². The van der Waals surface area contributed by atoms with Gasteiger partial charge in [-0.15, -0.1) is 0 Å². The summed E-state index contributed by atoms with van der Waals surface area (Å²) in [6, 6.07) is 3.03. The Labute approximate surface area is 75.6 Å². The van der Waals surface area contributed by atoms with Crippen molar-refractivity contribution in [2.75, 3.05) is 0 Å². The molecule has 0 atom stereocenters. The number of halogens is 1. The molecule has 1 aromatic heterocycles. The predicted octanol–water partition coefficient (Wildman–Crippen LogP) is 1.76. The minimum absolute atomic E-state index is 0.168. The van der Waals surface area contributed by atoms with Crippen molar-refractivity contribution in [2.24, 2.45) is 0 Å². The molecule has 1 rings (SSSR count). The fraction of sp³-hybridized carbons (Fsp3) is 0.333. The zero-order valence-corrected chi connectivity index (χ0v) is 7.45. The second kappa shape index (κ2) is 6.03. The third-order valence-electron chi connectivity index (χ3n) is 1.33. The molecule has 0 fully saturated rings. The molecule has 0 saturated carbocycles. The van der Waals surface area contributed by atoms with Crippen molar-refractivity contribution in [2.45, 2.75) is 19.8 Å². The normalized spacial score (nSPS) is 8.62. The number of nitrogens with zero attached hydrogens (tertiary/aromatic N) is 1. The van der Waals surface area contributed by atoms with Crippen LogP contribution in [0.3, 0.4) is 0 Å². The molecular formula is C9H10FNO2. The van der Waals surface area contributed by atoms with Gasteiger partial charge < -0.3 is 0 Å². The van der Waals surface area contributed by atoms with Crippen molar-refractivity contribution in [3.63, 3.8) is 0 Å². The van der Waals surface area contributed by atoms with E-state index >= 15 is 0 Å². The monoisotopic (exact) mass is 183 g/mol. The van der Waals surface area contributed by atoms with Crippen LogP contribution in [0.1, 0.15) is 25.5 Å². The minimum atomic E-state index is -0.211. The van der Waals surface area contributed by atoms with E-state index in [-0.39, 0.29) is 17.9 Å². The average molecular weight is 183 g/mol. The van der Waals surface area contributed by atoms with Crippen LogP contribution in [-0.4, -0.2) is 11.1 Å². The number of aromatic nitrogens is 1. The molecule has 70 valence electrons. The molecule has 1 aromatic rings. The van der Waals surface area contributed by atoms with Crippen LogP contribution in [-0.2, 0) is 9.59 Å². The van der Waals surface area contributed by atoms with E-state index in [0.717, 1.165) is 0 Å². The molecule has 0 saturated heterocycles. The maximum atomic E-state index is 12.8. The standard InChI is InChI=1S/C8H10FN.CO2/c1-6(2)8-7(9)4-3-5-10-8;2-1-3/h3-6H,1-2H3;. The SMILES string of the molecule is CC(C)c1ncccc1F.O=C=O. The van der Waals surface area contributed by atoms with Crippen molar-refractivity contribution in [3.05, 3.63) is 29.8 Å². The van der Waals surface area contributed by atoms with Gasteiger partial charge in [-0.3, -0.25) is 4.98 Å². The number of hydrogen-bond acceptors (Lipinski definition) is 3. The molecule has 0 aliphatic carbocycles. The summed E-state index contributed by atoms with van der Waals surface area (Å²) in [5.74, 6) is -0.0429. The van der Waals surface area contributed by atoms with Gasteiger partial charge in [0.15, 0.2) is 0 Å². The summed E-state index contributed by atoms with van der Waals surface area (Å²) in [6.45, 7) is 3.84. The second-order valence-corrected chi connectivity index (χ2v) is 2.61. The fourth-order valence-electron chi connectivity index (χ4n) is 0.823. The topological polar surface area (TPSA) is 47.0 Å². The lowest BCUT2D eigenvalue weighted by Gasteiger charge is -2.02. The lowest BCUT2D eigenvalue weighted by molar-refractivity contribution is -0.191. The summed E-state index contributed by atoms with van der Waals surface area (Å²) in [4.78, 5) is 20.2. The lowest BCUT2D eigenvalue weighted by Crippen LogP contribution is -1.95. The highest BCUT2D eigenvalue weighted by atomic mass is 19.1. The molecule has 0 spiro atoms. The van der Waals surface area contributed by atoms with Crippen LogP contribution in [0, 0.1) is 5.82 Å². The molecule has 0 N–H and O–H groups in total. The van der Waals surface area contributed by atoms with E-state index in [0.29, 0.717) is 5.69 Å². The summed E-state index contributed by atoms with van der Waals surface area (Å²) >= 11 is 0. The van der Waals surface area contributed by atoms with Gasteiger partial charge in [-0.25, -0.2) is 4.39 Å². The van der Waals surface area contributed by atoms with E-state index in [9.17, 15) is 4.39 Å². The van der Waals surface area contributed by atoms with Crippen LogP contribution in [0.5, 0.6) is 0 Å². The fourth-order valence-corrected chi connectivity index (χ4v) is 0.823. The predicted molar refractivity (Wildman–Crippen MR) is 43.3 cm³/mol. The van der Waals surface area contributed by atoms with E-state index in [2.05, 4.69) is 4.98 Å². The van der Waals surface area contributed by atoms with Crippen LogP contribution in [0.4, 0.5) is 4.39 Å². The van der Waals surface area contributed by atoms with Crippen LogP contribution >= 0.6 is 0 Å². The highest BCUT2D eigenvalue weighted by Crippen LogP contribution is 2.13. The lowest BCUT2D eigenvalue weighted by atomic mass is 10.1. The highest BCUT2D eigenvalue weighted by molar-refractivity contribution is 5.20. The Hall–Kier alpha value is -1.54. The molecule has 0 amide bonds. The Morgan fingerprint density at radius 3 is 2.31 bits per heavy atom. The van der Waals surface area contributed by atoms with Crippen molar-refractivity contribution in [1.29, 1.82) is 0 Å². The quantitative estimate of drug-likeness (QED) is 0.666. The van der Waals surface area contributed by atoms with Crippen LogP contribution < -0.4 is 0 Å². The molecule has 0 aliphatic heterocycles. The van der Waals surface area contributed by atoms with Crippen LogP contribution in [0.25, 0.3) is 0 Å². The van der Waals surface area contributed by atoms with Gasteiger partial charge in [0.05, 0.1) is 5.69 Å². The van der Waals surface area contributed by atoms with Gasteiger partial charge in [-0.1, -0.05) is 13.8 Å². The molecule has 13 heavy (non-hydrogen) atoms. The first-order valence-corrected chi connectivity index (χ1v) is 3.73. The number of pyridine rings is 1. The van der Waals surface area contributed by atoms with Crippen molar-refractivity contribution >= 4 is 6.15 Å². The summed E-state index contributed by atoms with van der Waals surface area (Å²) in [7, 11) is 0. The third kappa shape index (κ3) is 4.13. The largest absolute Gasteiger partial charge is 0.373 e. The van der Waals surface area contributed by atoms with Crippen LogP contribution in [0.15, 0.2) is 18.3 Å². The molecule has 0 bridgehead atoms. The maximum Gasteiger partial charge on any atom is 0.373 e. The van der Waals surface area contributed by atoms with Crippen LogP contribution in [0.2, 0.25) is 0 Å². The summed E-state index contributed by atoms with van der Waals surface area (Å²) in [5.41, 5.74) is 0.544. The smallest absolute Gasteiger partial charge is 0.258 e. The summed E-state index contributed by atoms with van der Waals surface area (Å²) < 4.78 is 12.8. The van der Waals surface area contributed by atoms with E-state index in [1.807, 2.05) is 13.8 Å². The van der Waals surface area contributed by atoms with Crippen molar-refractivity contribution in [3.8, 4) is 0 Å². The Bertz CT molecular complexity index is 293. The van der Waals surface area contributed by atoms with Gasteiger partial charge >= 0.3 is 6.15 Å². The number of carbonyl (C=O) groups excluding carboxylic acids is 2. The average Bonchev–Trinajstić information content (AvgIpc) is 2.06. The molecule has 0 aromatic carbocycles. The van der Waals surface area contributed by atoms with Gasteiger partial charge in [-0.05, 0) is 18.1 Å². The number of hydrogen-bond donors (Lipinski definition) is 0. The van der Waals surface area contributed by atoms with E-state index in [1.54, 1.807) is 12.3 Å². The zero-order valence-electron chi connectivity index (χ0n) is 7.45. The first-order valence-electron chi connectivity index (χ1n) is 3.73. The van der Waals surface area contributed by atoms with Gasteiger partial charge in [0.25, 0.3) is 0 Å². The molecule has 0 unspecified atom stereocenters. The molecule has 3 nitrogen and oxygen atoms in total. The maximum absolute atomic E-state index is 12.8. The van der Waals surface area contributed by atoms with Crippen molar-refractivity contribution in [1.82, 2.24) is 4.98 Å². The zero-order chi connectivity index (χ0) is 10.3. The molecule has 0 aliphatic rings.